The van der Waals surface area contributed by atoms with Crippen LogP contribution in [0.3, 0.4) is 0 Å². The van der Waals surface area contributed by atoms with Crippen molar-refractivity contribution in [2.45, 2.75) is 32.6 Å². The second kappa shape index (κ2) is 6.78. The zero-order valence-corrected chi connectivity index (χ0v) is 17.7. The van der Waals surface area contributed by atoms with E-state index in [2.05, 4.69) is 33.9 Å². The second-order valence-corrected chi connectivity index (χ2v) is 9.00. The predicted molar refractivity (Wildman–Crippen MR) is 116 cm³/mol. The molecule has 0 fully saturated rings. The average Bonchev–Trinajstić information content (AvgIpc) is 3.23. The second-order valence-electron chi connectivity index (χ2n) is 9.00. The Kier molecular flexibility index (Phi) is 3.98. The van der Waals surface area contributed by atoms with E-state index in [1.807, 2.05) is 24.3 Å². The van der Waals surface area contributed by atoms with Crippen LogP contribution in [-0.2, 0) is 4.79 Å². The van der Waals surface area contributed by atoms with Crippen LogP contribution in [-0.4, -0.2) is 35.3 Å². The fraction of sp³-hybridized carbons (Fsp3) is 0.250. The van der Waals surface area contributed by atoms with Gasteiger partial charge in [-0.05, 0) is 29.2 Å². The molecule has 4 aromatic rings. The number of fused-ring (bicyclic) bond motifs is 3. The molecule has 0 spiro atoms. The van der Waals surface area contributed by atoms with Gasteiger partial charge in [0.1, 0.15) is 12.1 Å². The van der Waals surface area contributed by atoms with Gasteiger partial charge in [-0.2, -0.15) is 0 Å². The molecule has 158 valence electrons. The Hall–Kier alpha value is -3.94. The molecule has 8 heteroatoms. The maximum Gasteiger partial charge on any atom is 0.228 e. The normalized spacial score (nSPS) is 19.4. The smallest absolute Gasteiger partial charge is 0.228 e. The fourth-order valence-electron chi connectivity index (χ4n) is 4.65. The van der Waals surface area contributed by atoms with Crippen molar-refractivity contribution in [3.05, 3.63) is 77.8 Å². The molecule has 1 atom stereocenters. The van der Waals surface area contributed by atoms with Crippen LogP contribution in [0.15, 0.2) is 66.7 Å². The molecule has 0 saturated carbocycles. The summed E-state index contributed by atoms with van der Waals surface area (Å²) >= 11 is 0. The summed E-state index contributed by atoms with van der Waals surface area (Å²) in [6.45, 7) is 4.17. The number of allylic oxidation sites excluding steroid dienone is 2. The van der Waals surface area contributed by atoms with Gasteiger partial charge in [0.25, 0.3) is 0 Å². The molecule has 5 heterocycles. The lowest BCUT2D eigenvalue weighted by atomic mass is 9.70. The summed E-state index contributed by atoms with van der Waals surface area (Å²) < 4.78 is 7.90. The Morgan fingerprint density at radius 2 is 1.94 bits per heavy atom. The number of aromatic nitrogens is 6. The summed E-state index contributed by atoms with van der Waals surface area (Å²) in [7, 11) is 0. The van der Waals surface area contributed by atoms with Crippen molar-refractivity contribution in [3.63, 3.8) is 0 Å². The van der Waals surface area contributed by atoms with Gasteiger partial charge < -0.3 is 4.74 Å². The first-order chi connectivity index (χ1) is 15.5. The molecule has 0 radical (unpaired) electrons. The number of Topliss-reactive ketones (excluding diaryl/α,β-unsaturated/α-hetero) is 1. The Morgan fingerprint density at radius 1 is 1.09 bits per heavy atom. The van der Waals surface area contributed by atoms with Crippen LogP contribution in [0.1, 0.15) is 43.7 Å². The van der Waals surface area contributed by atoms with Crippen LogP contribution in [0, 0.1) is 5.41 Å². The zero-order chi connectivity index (χ0) is 21.9. The van der Waals surface area contributed by atoms with Gasteiger partial charge in [0.05, 0.1) is 11.5 Å². The molecule has 8 nitrogen and oxygen atoms in total. The van der Waals surface area contributed by atoms with Crippen molar-refractivity contribution in [2.24, 2.45) is 5.41 Å². The first-order valence-corrected chi connectivity index (χ1v) is 10.5. The highest BCUT2D eigenvalue weighted by molar-refractivity contribution is 6.00. The van der Waals surface area contributed by atoms with Crippen molar-refractivity contribution in [1.82, 2.24) is 29.5 Å². The largest absolute Gasteiger partial charge is 0.442 e. The van der Waals surface area contributed by atoms with Gasteiger partial charge in [-0.3, -0.25) is 14.8 Å². The molecule has 4 aromatic heterocycles. The van der Waals surface area contributed by atoms with E-state index < -0.39 is 0 Å². The number of hydrogen-bond donors (Lipinski definition) is 0. The molecule has 0 unspecified atom stereocenters. The lowest BCUT2D eigenvalue weighted by molar-refractivity contribution is -0.118. The maximum absolute atomic E-state index is 13.4. The van der Waals surface area contributed by atoms with E-state index in [-0.39, 0.29) is 17.1 Å². The van der Waals surface area contributed by atoms with Crippen molar-refractivity contribution >= 4 is 11.4 Å². The summed E-state index contributed by atoms with van der Waals surface area (Å²) in [5, 5.41) is 4.61. The maximum atomic E-state index is 13.4. The quantitative estimate of drug-likeness (QED) is 0.484. The van der Waals surface area contributed by atoms with Crippen LogP contribution in [0.2, 0.25) is 0 Å². The van der Waals surface area contributed by atoms with Crippen LogP contribution >= 0.6 is 0 Å². The van der Waals surface area contributed by atoms with Crippen molar-refractivity contribution in [3.8, 4) is 17.3 Å². The van der Waals surface area contributed by atoms with E-state index in [0.29, 0.717) is 41.5 Å². The number of hydrogen-bond acceptors (Lipinski definition) is 7. The lowest BCUT2D eigenvalue weighted by Crippen LogP contribution is -2.33. The van der Waals surface area contributed by atoms with Crippen molar-refractivity contribution in [1.29, 1.82) is 0 Å². The summed E-state index contributed by atoms with van der Waals surface area (Å²) in [6.07, 6.45) is 9.67. The van der Waals surface area contributed by atoms with Gasteiger partial charge in [0.2, 0.25) is 5.88 Å². The standard InChI is InChI=1S/C24H20N6O2/c1-24(2)10-16(31)19-17(11-24)32-23-20(18(19)15-4-3-7-26-12-15)22-28-21(29-30(22)13-27-23)14-5-8-25-9-6-14/h3-9,12-13,18H,10-11H2,1-2H3/t18-/m0/s1. The van der Waals surface area contributed by atoms with Crippen molar-refractivity contribution in [2.75, 3.05) is 0 Å². The van der Waals surface area contributed by atoms with Crippen LogP contribution < -0.4 is 4.74 Å². The van der Waals surface area contributed by atoms with Crippen LogP contribution in [0.25, 0.3) is 17.0 Å². The molecule has 32 heavy (non-hydrogen) atoms. The third-order valence-corrected chi connectivity index (χ3v) is 6.02. The van der Waals surface area contributed by atoms with E-state index in [1.54, 1.807) is 35.6 Å². The molecule has 2 aliphatic rings. The average molecular weight is 424 g/mol. The highest BCUT2D eigenvalue weighted by Gasteiger charge is 2.44. The molecule has 0 saturated heterocycles. The molecule has 0 amide bonds. The van der Waals surface area contributed by atoms with E-state index in [9.17, 15) is 4.79 Å². The van der Waals surface area contributed by atoms with Gasteiger partial charge in [-0.25, -0.2) is 14.5 Å². The summed E-state index contributed by atoms with van der Waals surface area (Å²) in [6, 6.07) is 7.57. The first-order valence-electron chi connectivity index (χ1n) is 10.5. The number of ketones is 1. The minimum atomic E-state index is -0.364. The minimum Gasteiger partial charge on any atom is -0.442 e. The SMILES string of the molecule is CC1(C)CC(=O)C2=C(C1)Oc1ncn3nc(-c4ccncc4)nc3c1[C@H]2c1cccnc1. The van der Waals surface area contributed by atoms with Gasteiger partial charge in [0, 0.05) is 48.8 Å². The summed E-state index contributed by atoms with van der Waals surface area (Å²) in [5.41, 5.74) is 3.61. The number of ether oxygens (including phenoxy) is 1. The molecular formula is C24H20N6O2. The third-order valence-electron chi connectivity index (χ3n) is 6.02. The molecule has 0 aromatic carbocycles. The van der Waals surface area contributed by atoms with Gasteiger partial charge in [-0.1, -0.05) is 19.9 Å². The van der Waals surface area contributed by atoms with E-state index in [4.69, 9.17) is 9.72 Å². The Balaban J connectivity index is 1.61. The topological polar surface area (TPSA) is 95.2 Å². The van der Waals surface area contributed by atoms with E-state index in [0.717, 1.165) is 16.7 Å². The number of rotatable bonds is 2. The monoisotopic (exact) mass is 424 g/mol. The van der Waals surface area contributed by atoms with Gasteiger partial charge >= 0.3 is 0 Å². The fourth-order valence-corrected chi connectivity index (χ4v) is 4.65. The highest BCUT2D eigenvalue weighted by Crippen LogP contribution is 2.50. The summed E-state index contributed by atoms with van der Waals surface area (Å²) in [4.78, 5) is 31.1. The third kappa shape index (κ3) is 2.90. The lowest BCUT2D eigenvalue weighted by Gasteiger charge is -2.37. The number of carbonyl (C=O) groups is 1. The Morgan fingerprint density at radius 3 is 2.72 bits per heavy atom. The number of pyridine rings is 2. The van der Waals surface area contributed by atoms with Crippen LogP contribution in [0.4, 0.5) is 0 Å². The number of carbonyl (C=O) groups excluding carboxylic acids is 1. The molecule has 6 rings (SSSR count). The molecule has 1 aliphatic heterocycles. The van der Waals surface area contributed by atoms with E-state index >= 15 is 0 Å². The van der Waals surface area contributed by atoms with Gasteiger partial charge in [0.15, 0.2) is 17.3 Å². The molecule has 0 N–H and O–H groups in total. The Labute approximate surface area is 184 Å². The van der Waals surface area contributed by atoms with Crippen LogP contribution in [0.5, 0.6) is 5.88 Å². The first kappa shape index (κ1) is 18.8. The summed E-state index contributed by atoms with van der Waals surface area (Å²) in [5.74, 6) is 1.44. The molecule has 1 aliphatic carbocycles. The highest BCUT2D eigenvalue weighted by atomic mass is 16.5. The number of nitrogens with zero attached hydrogens (tertiary/aromatic N) is 6. The zero-order valence-electron chi connectivity index (χ0n) is 17.7. The van der Waals surface area contributed by atoms with E-state index in [1.165, 1.54) is 0 Å². The van der Waals surface area contributed by atoms with Crippen molar-refractivity contribution < 1.29 is 9.53 Å². The van der Waals surface area contributed by atoms with Gasteiger partial charge in [-0.15, -0.1) is 5.10 Å². The molecular weight excluding hydrogens is 404 g/mol. The minimum absolute atomic E-state index is 0.0895. The predicted octanol–water partition coefficient (Wildman–Crippen LogP) is 3.75. The molecule has 0 bridgehead atoms. The Bertz CT molecular complexity index is 1390.